The number of benzene rings is 1. The first-order valence-corrected chi connectivity index (χ1v) is 8.20. The highest BCUT2D eigenvalue weighted by Crippen LogP contribution is 2.35. The maximum Gasteiger partial charge on any atom is 0.214 e. The lowest BCUT2D eigenvalue weighted by Crippen LogP contribution is -2.18. The maximum atomic E-state index is 5.73. The number of rotatable bonds is 7. The van der Waals surface area contributed by atoms with Gasteiger partial charge >= 0.3 is 0 Å². The summed E-state index contributed by atoms with van der Waals surface area (Å²) >= 11 is 8.72. The summed E-state index contributed by atoms with van der Waals surface area (Å²) in [6, 6.07) is 3.88. The lowest BCUT2D eigenvalue weighted by Gasteiger charge is -2.16. The molecule has 0 aliphatic carbocycles. The summed E-state index contributed by atoms with van der Waals surface area (Å²) in [4.78, 5) is 0. The quantitative estimate of drug-likeness (QED) is 0.713. The summed E-state index contributed by atoms with van der Waals surface area (Å²) in [6.07, 6.45) is 0.778. The Hall–Kier alpha value is -1.54. The van der Waals surface area contributed by atoms with Crippen LogP contribution in [0.4, 0.5) is 0 Å². The largest absolute Gasteiger partial charge is 0.493 e. The van der Waals surface area contributed by atoms with Gasteiger partial charge in [-0.05, 0) is 31.3 Å². The highest BCUT2D eigenvalue weighted by atomic mass is 79.9. The van der Waals surface area contributed by atoms with E-state index in [0.717, 1.165) is 28.0 Å². The van der Waals surface area contributed by atoms with E-state index in [4.69, 9.17) is 21.7 Å². The molecule has 6 nitrogen and oxygen atoms in total. The van der Waals surface area contributed by atoms with Crippen LogP contribution in [-0.2, 0) is 13.0 Å². The van der Waals surface area contributed by atoms with E-state index in [2.05, 4.69) is 31.6 Å². The van der Waals surface area contributed by atoms with Crippen molar-refractivity contribution in [3.63, 3.8) is 0 Å². The average Bonchev–Trinajstić information content (AvgIpc) is 2.87. The van der Waals surface area contributed by atoms with Crippen molar-refractivity contribution in [3.05, 3.63) is 32.8 Å². The van der Waals surface area contributed by atoms with E-state index < -0.39 is 0 Å². The number of ether oxygens (including phenoxy) is 2. The van der Waals surface area contributed by atoms with E-state index in [1.807, 2.05) is 26.0 Å². The zero-order valence-electron chi connectivity index (χ0n) is 12.8. The number of nitrogens with one attached hydrogen (secondary N) is 2. The zero-order chi connectivity index (χ0) is 16.1. The van der Waals surface area contributed by atoms with Crippen LogP contribution in [0.5, 0.6) is 11.5 Å². The molecule has 0 saturated heterocycles. The monoisotopic (exact) mass is 386 g/mol. The second-order valence-electron chi connectivity index (χ2n) is 4.50. The molecule has 0 fully saturated rings. The third-order valence-corrected chi connectivity index (χ3v) is 3.82. The predicted octanol–water partition coefficient (Wildman–Crippen LogP) is 3.42. The molecule has 1 aromatic heterocycles. The van der Waals surface area contributed by atoms with Gasteiger partial charge in [0, 0.05) is 16.5 Å². The van der Waals surface area contributed by atoms with Crippen LogP contribution in [0.1, 0.15) is 25.2 Å². The van der Waals surface area contributed by atoms with Gasteiger partial charge in [-0.25, -0.2) is 4.68 Å². The van der Waals surface area contributed by atoms with Crippen molar-refractivity contribution in [1.29, 1.82) is 0 Å². The number of nitrogens with zero attached hydrogens (tertiary/aromatic N) is 2. The molecule has 0 aliphatic rings. The van der Waals surface area contributed by atoms with Gasteiger partial charge in [-0.3, -0.25) is 5.10 Å². The molecule has 2 N–H and O–H groups in total. The molecule has 2 rings (SSSR count). The van der Waals surface area contributed by atoms with Gasteiger partial charge in [0.25, 0.3) is 0 Å². The minimum atomic E-state index is 0.534. The number of hydrogen-bond donors (Lipinski definition) is 2. The van der Waals surface area contributed by atoms with Crippen LogP contribution in [0, 0.1) is 4.77 Å². The van der Waals surface area contributed by atoms with Crippen LogP contribution in [0.15, 0.2) is 16.6 Å². The average molecular weight is 387 g/mol. The predicted molar refractivity (Wildman–Crippen MR) is 91.7 cm³/mol. The van der Waals surface area contributed by atoms with E-state index in [9.17, 15) is 0 Å². The van der Waals surface area contributed by atoms with Gasteiger partial charge in [0.05, 0.1) is 20.3 Å². The molecule has 1 heterocycles. The highest BCUT2D eigenvalue weighted by molar-refractivity contribution is 9.10. The smallest absolute Gasteiger partial charge is 0.214 e. The summed E-state index contributed by atoms with van der Waals surface area (Å²) in [5, 5.41) is 6.96. The molecule has 120 valence electrons. The van der Waals surface area contributed by atoms with Gasteiger partial charge in [0.15, 0.2) is 17.3 Å². The Bertz CT molecular complexity index is 699. The van der Waals surface area contributed by atoms with E-state index in [-0.39, 0.29) is 0 Å². The van der Waals surface area contributed by atoms with Gasteiger partial charge in [-0.15, -0.1) is 0 Å². The Morgan fingerprint density at radius 1 is 1.41 bits per heavy atom. The minimum absolute atomic E-state index is 0.534. The molecular formula is C14H19BrN4O2S. The molecule has 0 spiro atoms. The molecule has 1 aromatic carbocycles. The number of halogens is 1. The molecule has 0 saturated carbocycles. The van der Waals surface area contributed by atoms with Crippen molar-refractivity contribution < 1.29 is 9.47 Å². The number of aryl methyl sites for hydroxylation is 1. The van der Waals surface area contributed by atoms with Crippen molar-refractivity contribution in [2.24, 2.45) is 0 Å². The van der Waals surface area contributed by atoms with Gasteiger partial charge in [0.2, 0.25) is 4.77 Å². The Balaban J connectivity index is 2.30. The fraction of sp³-hybridized carbons (Fsp3) is 0.429. The zero-order valence-corrected chi connectivity index (χ0v) is 15.2. The van der Waals surface area contributed by atoms with E-state index in [1.165, 1.54) is 0 Å². The lowest BCUT2D eigenvalue weighted by molar-refractivity contribution is 0.307. The van der Waals surface area contributed by atoms with Gasteiger partial charge in [0.1, 0.15) is 0 Å². The molecule has 2 aromatic rings. The number of methoxy groups -OCH3 is 1. The second-order valence-corrected chi connectivity index (χ2v) is 5.80. The Morgan fingerprint density at radius 2 is 2.18 bits per heavy atom. The normalized spacial score (nSPS) is 10.5. The van der Waals surface area contributed by atoms with Crippen LogP contribution in [0.3, 0.4) is 0 Å². The second kappa shape index (κ2) is 7.64. The van der Waals surface area contributed by atoms with Crippen LogP contribution in [0.2, 0.25) is 0 Å². The van der Waals surface area contributed by atoms with Crippen molar-refractivity contribution in [2.45, 2.75) is 26.8 Å². The number of aromatic nitrogens is 3. The molecule has 22 heavy (non-hydrogen) atoms. The number of H-pyrrole nitrogens is 1. The van der Waals surface area contributed by atoms with Crippen molar-refractivity contribution in [2.75, 3.05) is 19.1 Å². The first-order valence-electron chi connectivity index (χ1n) is 7.00. The first-order chi connectivity index (χ1) is 10.6. The summed E-state index contributed by atoms with van der Waals surface area (Å²) in [5.74, 6) is 2.28. The molecule has 0 atom stereocenters. The van der Waals surface area contributed by atoms with Crippen LogP contribution in [-0.4, -0.2) is 28.6 Å². The fourth-order valence-electron chi connectivity index (χ4n) is 2.11. The molecular weight excluding hydrogens is 368 g/mol. The molecule has 0 bridgehead atoms. The van der Waals surface area contributed by atoms with Crippen LogP contribution < -0.4 is 14.9 Å². The Morgan fingerprint density at radius 3 is 2.82 bits per heavy atom. The standard InChI is InChI=1S/C14H19BrN4O2S/c1-4-12-17-18-14(22)19(12)16-8-9-6-10(15)7-11(20-3)13(9)21-5-2/h6-7,16H,4-5,8H2,1-3H3,(H,18,22). The summed E-state index contributed by atoms with van der Waals surface area (Å²) in [7, 11) is 1.63. The Kier molecular flexibility index (Phi) is 5.84. The van der Waals surface area contributed by atoms with E-state index in [0.29, 0.717) is 23.7 Å². The third kappa shape index (κ3) is 3.61. The molecule has 0 aliphatic heterocycles. The highest BCUT2D eigenvalue weighted by Gasteiger charge is 2.13. The van der Waals surface area contributed by atoms with Gasteiger partial charge in [-0.1, -0.05) is 22.9 Å². The topological polar surface area (TPSA) is 64.1 Å². The molecule has 0 amide bonds. The summed E-state index contributed by atoms with van der Waals surface area (Å²) < 4.78 is 14.4. The molecule has 8 heteroatoms. The van der Waals surface area contributed by atoms with Gasteiger partial charge in [-0.2, -0.15) is 5.10 Å². The minimum Gasteiger partial charge on any atom is -0.493 e. The van der Waals surface area contributed by atoms with E-state index >= 15 is 0 Å². The first kappa shape index (κ1) is 16.8. The van der Waals surface area contributed by atoms with Crippen LogP contribution >= 0.6 is 28.1 Å². The number of aromatic amines is 1. The van der Waals surface area contributed by atoms with Crippen molar-refractivity contribution in [1.82, 2.24) is 14.9 Å². The molecule has 0 unspecified atom stereocenters. The van der Waals surface area contributed by atoms with E-state index in [1.54, 1.807) is 11.8 Å². The summed E-state index contributed by atoms with van der Waals surface area (Å²) in [6.45, 7) is 5.07. The SMILES string of the molecule is CCOc1c(CNn2c(CC)n[nH]c2=S)cc(Br)cc1OC. The van der Waals surface area contributed by atoms with Crippen LogP contribution in [0.25, 0.3) is 0 Å². The van der Waals surface area contributed by atoms with Crippen molar-refractivity contribution >= 4 is 28.1 Å². The lowest BCUT2D eigenvalue weighted by atomic mass is 10.2. The number of hydrogen-bond acceptors (Lipinski definition) is 5. The van der Waals surface area contributed by atoms with Gasteiger partial charge < -0.3 is 14.9 Å². The maximum absolute atomic E-state index is 5.73. The Labute approximate surface area is 142 Å². The summed E-state index contributed by atoms with van der Waals surface area (Å²) in [5.41, 5.74) is 4.24. The third-order valence-electron chi connectivity index (χ3n) is 3.09. The fourth-order valence-corrected chi connectivity index (χ4v) is 2.81. The molecule has 0 radical (unpaired) electrons. The van der Waals surface area contributed by atoms with Crippen molar-refractivity contribution in [3.8, 4) is 11.5 Å².